The Morgan fingerprint density at radius 2 is 2.06 bits per heavy atom. The van der Waals surface area contributed by atoms with Gasteiger partial charge in [0.05, 0.1) is 10.7 Å². The lowest BCUT2D eigenvalue weighted by Gasteiger charge is -2.05. The molecule has 1 amide bonds. The third-order valence-corrected chi connectivity index (χ3v) is 3.18. The molecule has 1 N–H and O–H groups in total. The number of anilines is 1. The highest BCUT2D eigenvalue weighted by molar-refractivity contribution is 7.11. The average molecular weight is 268 g/mol. The van der Waals surface area contributed by atoms with E-state index in [0.717, 1.165) is 22.0 Å². The van der Waals surface area contributed by atoms with Gasteiger partial charge in [-0.1, -0.05) is 0 Å². The van der Waals surface area contributed by atoms with Gasteiger partial charge >= 0.3 is 0 Å². The predicted molar refractivity (Wildman–Crippen MR) is 65.9 cm³/mol. The molecule has 1 aromatic heterocycles. The largest absolute Gasteiger partial charge is 0.318 e. The number of aryl methyl sites for hydroxylation is 2. The molecular formula is C12H10F2N2OS. The molecule has 2 rings (SSSR count). The molecule has 18 heavy (non-hydrogen) atoms. The topological polar surface area (TPSA) is 42.0 Å². The maximum atomic E-state index is 13.4. The Balaban J connectivity index is 2.24. The van der Waals surface area contributed by atoms with Gasteiger partial charge in [0.2, 0.25) is 0 Å². The maximum absolute atomic E-state index is 13.4. The second-order valence-corrected chi connectivity index (χ2v) is 5.12. The van der Waals surface area contributed by atoms with Crippen molar-refractivity contribution in [3.63, 3.8) is 0 Å². The highest BCUT2D eigenvalue weighted by atomic mass is 32.1. The van der Waals surface area contributed by atoms with Crippen molar-refractivity contribution in [1.29, 1.82) is 0 Å². The number of carbonyl (C=O) groups is 1. The fourth-order valence-corrected chi connectivity index (χ4v) is 2.33. The number of hydrogen-bond acceptors (Lipinski definition) is 3. The minimum Gasteiger partial charge on any atom is -0.318 e. The van der Waals surface area contributed by atoms with Gasteiger partial charge in [0.25, 0.3) is 5.91 Å². The van der Waals surface area contributed by atoms with Crippen molar-refractivity contribution in [2.75, 3.05) is 5.32 Å². The zero-order valence-corrected chi connectivity index (χ0v) is 10.6. The first kappa shape index (κ1) is 12.6. The summed E-state index contributed by atoms with van der Waals surface area (Å²) < 4.78 is 26.1. The van der Waals surface area contributed by atoms with E-state index in [1.165, 1.54) is 17.4 Å². The summed E-state index contributed by atoms with van der Waals surface area (Å²) in [6, 6.07) is 2.98. The highest BCUT2D eigenvalue weighted by Gasteiger charge is 2.15. The van der Waals surface area contributed by atoms with E-state index in [1.54, 1.807) is 13.8 Å². The Morgan fingerprint density at radius 3 is 2.61 bits per heavy atom. The molecule has 0 atom stereocenters. The minimum atomic E-state index is -0.812. The average Bonchev–Trinajstić information content (AvgIpc) is 2.62. The first-order valence-electron chi connectivity index (χ1n) is 5.18. The fourth-order valence-electron chi connectivity index (χ4n) is 1.51. The van der Waals surface area contributed by atoms with Gasteiger partial charge in [0.1, 0.15) is 17.3 Å². The molecule has 0 unspecified atom stereocenters. The Labute approximate surface area is 106 Å². The first-order valence-corrected chi connectivity index (χ1v) is 5.99. The van der Waals surface area contributed by atoms with Crippen molar-refractivity contribution in [1.82, 2.24) is 4.98 Å². The molecule has 0 radical (unpaired) electrons. The molecule has 0 fully saturated rings. The molecule has 1 aromatic carbocycles. The number of carbonyl (C=O) groups excluding carboxylic acids is 1. The Bertz CT molecular complexity index is 610. The molecule has 0 spiro atoms. The van der Waals surface area contributed by atoms with Crippen LogP contribution in [0.15, 0.2) is 18.2 Å². The summed E-state index contributed by atoms with van der Waals surface area (Å²) in [7, 11) is 0. The van der Waals surface area contributed by atoms with Crippen molar-refractivity contribution in [3.05, 3.63) is 45.4 Å². The fraction of sp³-hybridized carbons (Fsp3) is 0.167. The van der Waals surface area contributed by atoms with Gasteiger partial charge in [-0.3, -0.25) is 4.79 Å². The van der Waals surface area contributed by atoms with Gasteiger partial charge in [-0.05, 0) is 26.0 Å². The van der Waals surface area contributed by atoms with Crippen molar-refractivity contribution in [2.24, 2.45) is 0 Å². The van der Waals surface area contributed by atoms with Crippen molar-refractivity contribution in [2.45, 2.75) is 13.8 Å². The van der Waals surface area contributed by atoms with Crippen LogP contribution >= 0.6 is 11.3 Å². The van der Waals surface area contributed by atoms with Crippen LogP contribution in [0.25, 0.3) is 0 Å². The molecule has 0 aliphatic heterocycles. The molecule has 3 nitrogen and oxygen atoms in total. The number of halogens is 2. The van der Waals surface area contributed by atoms with Crippen LogP contribution in [-0.2, 0) is 0 Å². The molecular weight excluding hydrogens is 258 g/mol. The van der Waals surface area contributed by atoms with E-state index in [2.05, 4.69) is 10.3 Å². The van der Waals surface area contributed by atoms with Gasteiger partial charge in [0, 0.05) is 10.9 Å². The van der Waals surface area contributed by atoms with E-state index in [-0.39, 0.29) is 11.4 Å². The molecule has 0 aliphatic rings. The standard InChI is InChI=1S/C12H10F2N2OS/c1-6-11(15-7(2)18-6)12(17)16-10-4-3-8(13)5-9(10)14/h3-5H,1-2H3,(H,16,17). The van der Waals surface area contributed by atoms with Gasteiger partial charge < -0.3 is 5.32 Å². The van der Waals surface area contributed by atoms with Crippen LogP contribution in [-0.4, -0.2) is 10.9 Å². The van der Waals surface area contributed by atoms with Gasteiger partial charge in [-0.2, -0.15) is 0 Å². The molecule has 94 valence electrons. The van der Waals surface area contributed by atoms with Crippen LogP contribution in [0.3, 0.4) is 0 Å². The Morgan fingerprint density at radius 1 is 1.33 bits per heavy atom. The second kappa shape index (κ2) is 4.81. The molecule has 0 saturated carbocycles. The number of nitrogens with one attached hydrogen (secondary N) is 1. The number of hydrogen-bond donors (Lipinski definition) is 1. The molecule has 6 heteroatoms. The van der Waals surface area contributed by atoms with Gasteiger partial charge in [-0.15, -0.1) is 11.3 Å². The predicted octanol–water partition coefficient (Wildman–Crippen LogP) is 3.29. The van der Waals surface area contributed by atoms with Crippen LogP contribution < -0.4 is 5.32 Å². The Kier molecular flexibility index (Phi) is 3.38. The number of rotatable bonds is 2. The third-order valence-electron chi connectivity index (χ3n) is 2.30. The summed E-state index contributed by atoms with van der Waals surface area (Å²) in [4.78, 5) is 16.7. The van der Waals surface area contributed by atoms with E-state index in [1.807, 2.05) is 0 Å². The third kappa shape index (κ3) is 2.53. The second-order valence-electron chi connectivity index (χ2n) is 3.72. The first-order chi connectivity index (χ1) is 8.47. The van der Waals surface area contributed by atoms with Crippen molar-refractivity contribution < 1.29 is 13.6 Å². The number of amides is 1. The monoisotopic (exact) mass is 268 g/mol. The van der Waals surface area contributed by atoms with E-state index in [0.29, 0.717) is 0 Å². The number of thiazole rings is 1. The summed E-state index contributed by atoms with van der Waals surface area (Å²) in [6.45, 7) is 3.55. The van der Waals surface area contributed by atoms with E-state index >= 15 is 0 Å². The highest BCUT2D eigenvalue weighted by Crippen LogP contribution is 2.20. The number of benzene rings is 1. The van der Waals surface area contributed by atoms with Crippen LogP contribution in [0.2, 0.25) is 0 Å². The summed E-state index contributed by atoms with van der Waals surface area (Å²) in [6.07, 6.45) is 0. The van der Waals surface area contributed by atoms with Crippen molar-refractivity contribution in [3.8, 4) is 0 Å². The van der Waals surface area contributed by atoms with E-state index in [9.17, 15) is 13.6 Å². The van der Waals surface area contributed by atoms with Crippen LogP contribution in [0, 0.1) is 25.5 Å². The van der Waals surface area contributed by atoms with Crippen LogP contribution in [0.1, 0.15) is 20.4 Å². The van der Waals surface area contributed by atoms with Crippen LogP contribution in [0.5, 0.6) is 0 Å². The van der Waals surface area contributed by atoms with Crippen molar-refractivity contribution >= 4 is 22.9 Å². The minimum absolute atomic E-state index is 0.0635. The zero-order chi connectivity index (χ0) is 13.3. The summed E-state index contributed by atoms with van der Waals surface area (Å²) in [5, 5.41) is 3.13. The quantitative estimate of drug-likeness (QED) is 0.908. The summed E-state index contributed by atoms with van der Waals surface area (Å²) in [5.74, 6) is -2.00. The molecule has 1 heterocycles. The summed E-state index contributed by atoms with van der Waals surface area (Å²) >= 11 is 1.39. The van der Waals surface area contributed by atoms with Crippen LogP contribution in [0.4, 0.5) is 14.5 Å². The maximum Gasteiger partial charge on any atom is 0.275 e. The van der Waals surface area contributed by atoms with Gasteiger partial charge in [0.15, 0.2) is 0 Å². The SMILES string of the molecule is Cc1nc(C(=O)Nc2ccc(F)cc2F)c(C)s1. The van der Waals surface area contributed by atoms with E-state index < -0.39 is 17.5 Å². The molecule has 0 bridgehead atoms. The molecule has 0 saturated heterocycles. The molecule has 0 aliphatic carbocycles. The molecule has 2 aromatic rings. The lowest BCUT2D eigenvalue weighted by Crippen LogP contribution is -2.14. The Hall–Kier alpha value is -1.82. The lowest BCUT2D eigenvalue weighted by molar-refractivity contribution is 0.102. The number of aromatic nitrogens is 1. The zero-order valence-electron chi connectivity index (χ0n) is 9.75. The lowest BCUT2D eigenvalue weighted by atomic mass is 10.2. The van der Waals surface area contributed by atoms with Gasteiger partial charge in [-0.25, -0.2) is 13.8 Å². The normalized spacial score (nSPS) is 10.4. The number of nitrogens with zero attached hydrogens (tertiary/aromatic N) is 1. The smallest absolute Gasteiger partial charge is 0.275 e. The van der Waals surface area contributed by atoms with E-state index in [4.69, 9.17) is 0 Å². The summed E-state index contributed by atoms with van der Waals surface area (Å²) in [5.41, 5.74) is 0.202.